The molecule has 18 heavy (non-hydrogen) atoms. The number of pyridine rings is 1. The summed E-state index contributed by atoms with van der Waals surface area (Å²) in [5, 5.41) is 7.02. The van der Waals surface area contributed by atoms with Crippen LogP contribution in [0.1, 0.15) is 6.42 Å². The average molecular weight is 283 g/mol. The van der Waals surface area contributed by atoms with E-state index in [1.54, 1.807) is 29.3 Å². The van der Waals surface area contributed by atoms with Gasteiger partial charge in [-0.1, -0.05) is 11.6 Å². The fraction of sp³-hybridized carbons (Fsp3) is 0.182. The average Bonchev–Trinajstić information content (AvgIpc) is 2.72. The van der Waals surface area contributed by atoms with Crippen LogP contribution >= 0.6 is 24.2 Å². The largest absolute Gasteiger partial charge is 0.322 e. The number of hydrogen-bond donors (Lipinski definition) is 2. The van der Waals surface area contributed by atoms with Crippen molar-refractivity contribution in [2.24, 2.45) is 0 Å². The Balaban J connectivity index is 2.20. The summed E-state index contributed by atoms with van der Waals surface area (Å²) in [5.41, 5.74) is 1.25. The molecule has 0 bridgehead atoms. The van der Waals surface area contributed by atoms with Crippen molar-refractivity contribution in [2.45, 2.75) is 6.42 Å². The van der Waals surface area contributed by atoms with Crippen LogP contribution in [0, 0.1) is 0 Å². The fourth-order valence-electron chi connectivity index (χ4n) is 1.37. The highest BCUT2D eigenvalue weighted by atomic mass is 35.5. The molecule has 2 aromatic heterocycles. The van der Waals surface area contributed by atoms with Gasteiger partial charge in [0.25, 0.3) is 0 Å². The molecule has 94 valence electrons. The molecule has 0 aromatic carbocycles. The number of hydrogen-bond acceptors (Lipinski definition) is 4. The van der Waals surface area contributed by atoms with Crippen molar-refractivity contribution in [1.29, 1.82) is 0 Å². The van der Waals surface area contributed by atoms with Gasteiger partial charge < -0.3 is 5.32 Å². The number of aromatic nitrogens is 3. The normalized spacial score (nSPS) is 10.3. The molecule has 0 unspecified atom stereocenters. The lowest BCUT2D eigenvalue weighted by molar-refractivity contribution is -0.115. The maximum Gasteiger partial charge on any atom is 0.225 e. The van der Waals surface area contributed by atoms with E-state index in [0.29, 0.717) is 17.9 Å². The van der Waals surface area contributed by atoms with Crippen LogP contribution in [0.25, 0.3) is 5.69 Å². The van der Waals surface area contributed by atoms with E-state index in [0.717, 1.165) is 5.69 Å². The van der Waals surface area contributed by atoms with E-state index in [4.69, 9.17) is 11.6 Å². The molecule has 0 saturated carbocycles. The number of nitrogens with one attached hydrogen (secondary N) is 1. The van der Waals surface area contributed by atoms with Crippen LogP contribution in [-0.4, -0.2) is 26.4 Å². The Morgan fingerprint density at radius 2 is 2.39 bits per heavy atom. The molecule has 0 radical (unpaired) electrons. The number of thiol groups is 1. The number of nitrogens with zero attached hydrogens (tertiary/aromatic N) is 3. The summed E-state index contributed by atoms with van der Waals surface area (Å²) < 4.78 is 1.56. The Morgan fingerprint density at radius 3 is 3.06 bits per heavy atom. The van der Waals surface area contributed by atoms with Gasteiger partial charge in [0.05, 0.1) is 23.8 Å². The molecule has 0 fully saturated rings. The van der Waals surface area contributed by atoms with Gasteiger partial charge >= 0.3 is 0 Å². The standard InChI is InChI=1S/C11H11ClN4OS/c12-11-9(14-10(17)3-5-18)7-16(15-11)8-2-1-4-13-6-8/h1-2,4,6-7,18H,3,5H2,(H,14,17). The summed E-state index contributed by atoms with van der Waals surface area (Å²) in [6.07, 6.45) is 5.31. The smallest absolute Gasteiger partial charge is 0.225 e. The van der Waals surface area contributed by atoms with Gasteiger partial charge in [-0.25, -0.2) is 4.68 Å². The molecule has 1 amide bonds. The summed E-state index contributed by atoms with van der Waals surface area (Å²) in [4.78, 5) is 15.4. The predicted octanol–water partition coefficient (Wildman–Crippen LogP) is 2.18. The molecular formula is C11H11ClN4OS. The first kappa shape index (κ1) is 12.9. The van der Waals surface area contributed by atoms with Gasteiger partial charge in [-0.3, -0.25) is 9.78 Å². The minimum absolute atomic E-state index is 0.141. The van der Waals surface area contributed by atoms with Crippen LogP contribution in [0.2, 0.25) is 5.15 Å². The second-order valence-electron chi connectivity index (χ2n) is 3.51. The summed E-state index contributed by atoms with van der Waals surface area (Å²) in [5.74, 6) is 0.345. The van der Waals surface area contributed by atoms with E-state index < -0.39 is 0 Å². The first-order chi connectivity index (χ1) is 8.70. The second-order valence-corrected chi connectivity index (χ2v) is 4.32. The van der Waals surface area contributed by atoms with Crippen LogP contribution in [0.5, 0.6) is 0 Å². The minimum Gasteiger partial charge on any atom is -0.322 e. The number of halogens is 1. The van der Waals surface area contributed by atoms with E-state index in [1.165, 1.54) is 0 Å². The number of carbonyl (C=O) groups excluding carboxylic acids is 1. The molecular weight excluding hydrogens is 272 g/mol. The second kappa shape index (κ2) is 5.88. The third kappa shape index (κ3) is 3.02. The fourth-order valence-corrected chi connectivity index (χ4v) is 1.75. The molecule has 0 aliphatic heterocycles. The first-order valence-corrected chi connectivity index (χ1v) is 6.28. The van der Waals surface area contributed by atoms with Gasteiger partial charge in [-0.2, -0.15) is 17.7 Å². The number of anilines is 1. The Morgan fingerprint density at radius 1 is 1.56 bits per heavy atom. The topological polar surface area (TPSA) is 59.8 Å². The number of amides is 1. The van der Waals surface area contributed by atoms with Gasteiger partial charge in [-0.15, -0.1) is 0 Å². The lowest BCUT2D eigenvalue weighted by Crippen LogP contribution is -2.11. The number of carbonyl (C=O) groups is 1. The molecule has 0 atom stereocenters. The molecule has 0 aliphatic rings. The minimum atomic E-state index is -0.141. The van der Waals surface area contributed by atoms with E-state index in [9.17, 15) is 4.79 Å². The van der Waals surface area contributed by atoms with Gasteiger partial charge in [0.15, 0.2) is 5.15 Å². The maximum atomic E-state index is 11.4. The highest BCUT2D eigenvalue weighted by molar-refractivity contribution is 7.80. The van der Waals surface area contributed by atoms with Gasteiger partial charge in [0.1, 0.15) is 0 Å². The van der Waals surface area contributed by atoms with Crippen molar-refractivity contribution in [3.8, 4) is 5.69 Å². The number of rotatable bonds is 4. The van der Waals surface area contributed by atoms with Gasteiger partial charge in [0, 0.05) is 12.6 Å². The molecule has 7 heteroatoms. The zero-order valence-corrected chi connectivity index (χ0v) is 11.0. The van der Waals surface area contributed by atoms with Crippen molar-refractivity contribution in [2.75, 3.05) is 11.1 Å². The third-order valence-electron chi connectivity index (χ3n) is 2.19. The van der Waals surface area contributed by atoms with Crippen molar-refractivity contribution in [3.63, 3.8) is 0 Å². The summed E-state index contributed by atoms with van der Waals surface area (Å²) in [6, 6.07) is 3.64. The molecule has 2 rings (SSSR count). The maximum absolute atomic E-state index is 11.4. The van der Waals surface area contributed by atoms with Crippen molar-refractivity contribution in [3.05, 3.63) is 35.9 Å². The Labute approximate surface area is 115 Å². The van der Waals surface area contributed by atoms with Crippen LogP contribution in [-0.2, 0) is 4.79 Å². The lowest BCUT2D eigenvalue weighted by Gasteiger charge is -2.00. The molecule has 5 nitrogen and oxygen atoms in total. The van der Waals surface area contributed by atoms with Gasteiger partial charge in [-0.05, 0) is 17.9 Å². The molecule has 2 heterocycles. The monoisotopic (exact) mass is 282 g/mol. The van der Waals surface area contributed by atoms with Crippen LogP contribution < -0.4 is 5.32 Å². The Hall–Kier alpha value is -1.53. The molecule has 0 saturated heterocycles. The summed E-state index contributed by atoms with van der Waals surface area (Å²) in [7, 11) is 0. The predicted molar refractivity (Wildman–Crippen MR) is 73.5 cm³/mol. The quantitative estimate of drug-likeness (QED) is 0.845. The molecule has 0 aliphatic carbocycles. The molecule has 2 aromatic rings. The highest BCUT2D eigenvalue weighted by Gasteiger charge is 2.10. The van der Waals surface area contributed by atoms with E-state index in [2.05, 4.69) is 28.0 Å². The van der Waals surface area contributed by atoms with Crippen molar-refractivity contribution < 1.29 is 4.79 Å². The van der Waals surface area contributed by atoms with E-state index in [-0.39, 0.29) is 11.1 Å². The van der Waals surface area contributed by atoms with Crippen LogP contribution in [0.15, 0.2) is 30.7 Å². The SMILES string of the molecule is O=C(CCS)Nc1cn(-c2cccnc2)nc1Cl. The van der Waals surface area contributed by atoms with E-state index in [1.807, 2.05) is 6.07 Å². The first-order valence-electron chi connectivity index (χ1n) is 5.27. The highest BCUT2D eigenvalue weighted by Crippen LogP contribution is 2.21. The van der Waals surface area contributed by atoms with Gasteiger partial charge in [0.2, 0.25) is 5.91 Å². The summed E-state index contributed by atoms with van der Waals surface area (Å²) >= 11 is 9.94. The van der Waals surface area contributed by atoms with E-state index >= 15 is 0 Å². The molecule has 0 spiro atoms. The van der Waals surface area contributed by atoms with Crippen molar-refractivity contribution in [1.82, 2.24) is 14.8 Å². The van der Waals surface area contributed by atoms with Crippen molar-refractivity contribution >= 4 is 35.8 Å². The third-order valence-corrected chi connectivity index (χ3v) is 2.70. The zero-order valence-electron chi connectivity index (χ0n) is 9.38. The van der Waals surface area contributed by atoms with Crippen LogP contribution in [0.3, 0.4) is 0 Å². The van der Waals surface area contributed by atoms with Crippen LogP contribution in [0.4, 0.5) is 5.69 Å². The molecule has 1 N–H and O–H groups in total. The summed E-state index contributed by atoms with van der Waals surface area (Å²) in [6.45, 7) is 0. The Bertz CT molecular complexity index is 543. The lowest BCUT2D eigenvalue weighted by atomic mass is 10.4. The Kier molecular flexibility index (Phi) is 4.22. The zero-order chi connectivity index (χ0) is 13.0.